The van der Waals surface area contributed by atoms with Crippen LogP contribution < -0.4 is 9.64 Å². The summed E-state index contributed by atoms with van der Waals surface area (Å²) in [6.07, 6.45) is 3.42. The summed E-state index contributed by atoms with van der Waals surface area (Å²) in [5.74, 6) is 1.87. The van der Waals surface area contributed by atoms with Crippen LogP contribution in [-0.4, -0.2) is 100 Å². The second-order valence-corrected chi connectivity index (χ2v) is 16.3. The number of hydrogen-bond donors (Lipinski definition) is 0. The SMILES string of the molecule is [C-]#[N+]c1ccc(OC2C(C)(C)C(N3Cc4nc(N5CCC(CN6CCN(C(=O)OC(C)(C)C)CC6)CC5)ncc4C3=O)C2(C)C)cc1Cl. The van der Waals surface area contributed by atoms with Gasteiger partial charge in [-0.2, -0.15) is 0 Å². The predicted octanol–water partition coefficient (Wildman–Crippen LogP) is 6.29. The van der Waals surface area contributed by atoms with E-state index in [0.29, 0.717) is 53.5 Å². The van der Waals surface area contributed by atoms with E-state index in [9.17, 15) is 9.59 Å². The van der Waals surface area contributed by atoms with Gasteiger partial charge in [0, 0.05) is 68.9 Å². The molecule has 48 heavy (non-hydrogen) atoms. The van der Waals surface area contributed by atoms with Gasteiger partial charge in [0.25, 0.3) is 5.91 Å². The second-order valence-electron chi connectivity index (χ2n) is 15.9. The number of amides is 2. The van der Waals surface area contributed by atoms with E-state index in [4.69, 9.17) is 32.6 Å². The molecule has 11 nitrogen and oxygen atoms in total. The van der Waals surface area contributed by atoms with Gasteiger partial charge in [0.2, 0.25) is 11.6 Å². The van der Waals surface area contributed by atoms with E-state index in [1.807, 2.05) is 30.6 Å². The molecule has 1 saturated carbocycles. The van der Waals surface area contributed by atoms with Gasteiger partial charge in [0.05, 0.1) is 29.4 Å². The third-order valence-electron chi connectivity index (χ3n) is 10.5. The molecule has 0 N–H and O–H groups in total. The Hall–Kier alpha value is -3.62. The molecule has 4 aliphatic rings. The van der Waals surface area contributed by atoms with Crippen molar-refractivity contribution >= 4 is 35.2 Å². The number of nitrogens with zero attached hydrogens (tertiary/aromatic N) is 7. The maximum atomic E-state index is 13.7. The van der Waals surface area contributed by atoms with Crippen molar-refractivity contribution < 1.29 is 19.1 Å². The minimum absolute atomic E-state index is 0.0314. The Morgan fingerprint density at radius 2 is 1.73 bits per heavy atom. The van der Waals surface area contributed by atoms with E-state index < -0.39 is 5.60 Å². The normalized spacial score (nSPS) is 24.1. The van der Waals surface area contributed by atoms with E-state index in [0.717, 1.165) is 51.3 Å². The summed E-state index contributed by atoms with van der Waals surface area (Å²) in [4.78, 5) is 47.7. The van der Waals surface area contributed by atoms with E-state index in [2.05, 4.69) is 47.3 Å². The summed E-state index contributed by atoms with van der Waals surface area (Å²) >= 11 is 6.28. The van der Waals surface area contributed by atoms with Gasteiger partial charge in [0.15, 0.2) is 0 Å². The van der Waals surface area contributed by atoms with Crippen molar-refractivity contribution in [1.29, 1.82) is 0 Å². The van der Waals surface area contributed by atoms with Crippen LogP contribution in [-0.2, 0) is 11.3 Å². The molecule has 12 heteroatoms. The number of carbonyl (C=O) groups is 2. The average molecular weight is 678 g/mol. The molecule has 258 valence electrons. The summed E-state index contributed by atoms with van der Waals surface area (Å²) < 4.78 is 12.0. The van der Waals surface area contributed by atoms with Gasteiger partial charge in [-0.15, -0.1) is 0 Å². The van der Waals surface area contributed by atoms with Gasteiger partial charge in [0.1, 0.15) is 17.5 Å². The second kappa shape index (κ2) is 12.7. The third kappa shape index (κ3) is 6.53. The maximum absolute atomic E-state index is 13.7. The van der Waals surface area contributed by atoms with Crippen molar-refractivity contribution in [3.05, 3.63) is 52.1 Å². The third-order valence-corrected chi connectivity index (χ3v) is 10.8. The van der Waals surface area contributed by atoms with Crippen LogP contribution in [0.5, 0.6) is 5.75 Å². The summed E-state index contributed by atoms with van der Waals surface area (Å²) in [5.41, 5.74) is 0.601. The molecule has 0 unspecified atom stereocenters. The van der Waals surface area contributed by atoms with Crippen LogP contribution >= 0.6 is 11.6 Å². The fourth-order valence-electron chi connectivity index (χ4n) is 8.58. The van der Waals surface area contributed by atoms with E-state index in [1.54, 1.807) is 24.4 Å². The van der Waals surface area contributed by atoms with Crippen molar-refractivity contribution in [2.75, 3.05) is 50.7 Å². The molecule has 0 atom stereocenters. The number of benzene rings is 1. The Bertz CT molecular complexity index is 1580. The number of halogens is 1. The Morgan fingerprint density at radius 3 is 2.33 bits per heavy atom. The lowest BCUT2D eigenvalue weighted by Gasteiger charge is -2.65. The quantitative estimate of drug-likeness (QED) is 0.330. The molecule has 2 saturated heterocycles. The fraction of sp³-hybridized carbons (Fsp3) is 0.639. The van der Waals surface area contributed by atoms with Crippen molar-refractivity contribution in [2.24, 2.45) is 16.7 Å². The van der Waals surface area contributed by atoms with Crippen LogP contribution in [0.1, 0.15) is 77.4 Å². The minimum Gasteiger partial charge on any atom is -0.489 e. The molecule has 0 spiro atoms. The number of rotatable bonds is 6. The van der Waals surface area contributed by atoms with Gasteiger partial charge >= 0.3 is 6.09 Å². The Kier molecular flexibility index (Phi) is 9.05. The first-order valence-corrected chi connectivity index (χ1v) is 17.4. The predicted molar refractivity (Wildman–Crippen MR) is 185 cm³/mol. The molecule has 0 bridgehead atoms. The number of aromatic nitrogens is 2. The van der Waals surface area contributed by atoms with Gasteiger partial charge in [-0.1, -0.05) is 45.4 Å². The monoisotopic (exact) mass is 677 g/mol. The topological polar surface area (TPSA) is 95.7 Å². The van der Waals surface area contributed by atoms with Crippen LogP contribution in [0.2, 0.25) is 5.02 Å². The standard InChI is InChI=1S/C36H48ClN7O4/c1-34(2,3)48-33(46)43-17-15-41(16-18-43)21-23-11-13-42(14-12-23)32-39-20-25-28(40-32)22-44(29(25)45)30-35(4,5)31(36(30,6)7)47-24-9-10-27(38-8)26(37)19-24/h9-10,19-20,23,30-31H,11-18,21-22H2,1-7H3. The summed E-state index contributed by atoms with van der Waals surface area (Å²) in [6.45, 7) is 27.9. The molecule has 1 aliphatic carbocycles. The number of piperazine rings is 1. The Balaban J connectivity index is 1.03. The molecule has 1 aromatic carbocycles. The minimum atomic E-state index is -0.478. The van der Waals surface area contributed by atoms with Crippen molar-refractivity contribution in [1.82, 2.24) is 24.7 Å². The van der Waals surface area contributed by atoms with Crippen LogP contribution in [0.25, 0.3) is 4.85 Å². The first kappa shape index (κ1) is 34.3. The van der Waals surface area contributed by atoms with Gasteiger partial charge in [-0.3, -0.25) is 9.69 Å². The molecule has 3 aliphatic heterocycles. The average Bonchev–Trinajstić information content (AvgIpc) is 3.33. The molecule has 3 fully saturated rings. The lowest BCUT2D eigenvalue weighted by atomic mass is 9.49. The molecule has 4 heterocycles. The lowest BCUT2D eigenvalue weighted by molar-refractivity contribution is -0.199. The first-order chi connectivity index (χ1) is 22.6. The first-order valence-electron chi connectivity index (χ1n) is 17.0. The van der Waals surface area contributed by atoms with Crippen LogP contribution in [0, 0.1) is 23.3 Å². The molecule has 2 amide bonds. The number of anilines is 1. The van der Waals surface area contributed by atoms with Gasteiger partial charge in [-0.05, 0) is 51.7 Å². The molecular formula is C36H48ClN7O4. The van der Waals surface area contributed by atoms with Crippen molar-refractivity contribution in [2.45, 2.75) is 85.6 Å². The summed E-state index contributed by atoms with van der Waals surface area (Å²) in [7, 11) is 0. The zero-order valence-corrected chi connectivity index (χ0v) is 30.0. The van der Waals surface area contributed by atoms with Crippen molar-refractivity contribution in [3.63, 3.8) is 0 Å². The Morgan fingerprint density at radius 1 is 1.06 bits per heavy atom. The van der Waals surface area contributed by atoms with E-state index in [1.165, 1.54) is 0 Å². The fourth-order valence-corrected chi connectivity index (χ4v) is 8.79. The van der Waals surface area contributed by atoms with Gasteiger partial charge in [-0.25, -0.2) is 19.6 Å². The Labute approximate surface area is 289 Å². The number of carbonyl (C=O) groups excluding carboxylic acids is 2. The smallest absolute Gasteiger partial charge is 0.410 e. The number of piperidine rings is 1. The highest BCUT2D eigenvalue weighted by Gasteiger charge is 2.67. The highest BCUT2D eigenvalue weighted by Crippen LogP contribution is 2.59. The zero-order valence-electron chi connectivity index (χ0n) is 29.3. The molecule has 6 rings (SSSR count). The maximum Gasteiger partial charge on any atom is 0.410 e. The number of ether oxygens (including phenoxy) is 2. The highest BCUT2D eigenvalue weighted by atomic mass is 35.5. The highest BCUT2D eigenvalue weighted by molar-refractivity contribution is 6.33. The largest absolute Gasteiger partial charge is 0.489 e. The molecule has 2 aromatic rings. The number of hydrogen-bond acceptors (Lipinski definition) is 8. The van der Waals surface area contributed by atoms with Crippen LogP contribution in [0.3, 0.4) is 0 Å². The summed E-state index contributed by atoms with van der Waals surface area (Å²) in [5, 5.41) is 0.368. The zero-order chi connectivity index (χ0) is 34.6. The number of fused-ring (bicyclic) bond motifs is 1. The lowest BCUT2D eigenvalue weighted by Crippen LogP contribution is -2.74. The molecule has 0 radical (unpaired) electrons. The van der Waals surface area contributed by atoms with Crippen molar-refractivity contribution in [3.8, 4) is 5.75 Å². The molecule has 1 aromatic heterocycles. The summed E-state index contributed by atoms with van der Waals surface area (Å²) in [6, 6.07) is 5.09. The molecular weight excluding hydrogens is 630 g/mol. The van der Waals surface area contributed by atoms with Crippen LogP contribution in [0.4, 0.5) is 16.4 Å². The van der Waals surface area contributed by atoms with Gasteiger partial charge < -0.3 is 24.2 Å². The van der Waals surface area contributed by atoms with E-state index >= 15 is 0 Å². The van der Waals surface area contributed by atoms with E-state index in [-0.39, 0.29) is 35.0 Å². The van der Waals surface area contributed by atoms with Crippen LogP contribution in [0.15, 0.2) is 24.4 Å².